The summed E-state index contributed by atoms with van der Waals surface area (Å²) in [6.45, 7) is 7.26. The van der Waals surface area contributed by atoms with Gasteiger partial charge in [-0.05, 0) is 68.7 Å². The third-order valence-corrected chi connectivity index (χ3v) is 7.22. The van der Waals surface area contributed by atoms with E-state index in [1.165, 1.54) is 15.4 Å². The summed E-state index contributed by atoms with van der Waals surface area (Å²) < 4.78 is 13.3. The summed E-state index contributed by atoms with van der Waals surface area (Å²) in [6, 6.07) is 8.84. The number of thioether (sulfide) groups is 1. The average molecular weight is 530 g/mol. The molecule has 2 aromatic heterocycles. The Morgan fingerprint density at radius 1 is 1.20 bits per heavy atom. The summed E-state index contributed by atoms with van der Waals surface area (Å²) in [5, 5.41) is 0.605. The van der Waals surface area contributed by atoms with Crippen LogP contribution in [0.3, 0.4) is 0 Å². The van der Waals surface area contributed by atoms with Crippen LogP contribution in [0.5, 0.6) is 11.6 Å². The fraction of sp³-hybridized carbons (Fsp3) is 0.280. The molecule has 1 aliphatic rings. The van der Waals surface area contributed by atoms with Crippen molar-refractivity contribution in [1.29, 1.82) is 0 Å². The molecule has 4 rings (SSSR count). The van der Waals surface area contributed by atoms with Crippen LogP contribution >= 0.6 is 35.6 Å². The summed E-state index contributed by atoms with van der Waals surface area (Å²) >= 11 is 12.7. The van der Waals surface area contributed by atoms with Crippen LogP contribution in [-0.2, 0) is 9.53 Å². The van der Waals surface area contributed by atoms with Crippen molar-refractivity contribution in [2.45, 2.75) is 27.2 Å². The van der Waals surface area contributed by atoms with Crippen LogP contribution < -0.4 is 10.3 Å². The van der Waals surface area contributed by atoms with Gasteiger partial charge >= 0.3 is 0 Å². The third-order valence-electron chi connectivity index (χ3n) is 5.42. The topological polar surface area (TPSA) is 73.1 Å². The molecular weight excluding hydrogens is 506 g/mol. The SMILES string of the molecule is CCOCCCN1C(=O)/C(=C\c2c(Oc3ccc(Cl)c(C)c3)nc3c(C)cccn3c2=O)SC1=S. The van der Waals surface area contributed by atoms with E-state index in [1.54, 1.807) is 30.5 Å². The molecule has 0 unspecified atom stereocenters. The minimum atomic E-state index is -0.346. The second kappa shape index (κ2) is 10.9. The van der Waals surface area contributed by atoms with E-state index in [2.05, 4.69) is 4.98 Å². The van der Waals surface area contributed by atoms with Crippen LogP contribution in [0.4, 0.5) is 0 Å². The van der Waals surface area contributed by atoms with Gasteiger partial charge in [0, 0.05) is 31.0 Å². The molecule has 0 aliphatic carbocycles. The van der Waals surface area contributed by atoms with Crippen LogP contribution in [0.15, 0.2) is 46.2 Å². The van der Waals surface area contributed by atoms with Gasteiger partial charge in [0.2, 0.25) is 5.88 Å². The second-order valence-electron chi connectivity index (χ2n) is 7.92. The number of amides is 1. The number of benzene rings is 1. The first kappa shape index (κ1) is 25.4. The van der Waals surface area contributed by atoms with Crippen molar-refractivity contribution in [2.75, 3.05) is 19.8 Å². The molecule has 0 N–H and O–H groups in total. The summed E-state index contributed by atoms with van der Waals surface area (Å²) in [6.07, 6.45) is 3.82. The number of rotatable bonds is 8. The fourth-order valence-corrected chi connectivity index (χ4v) is 4.99. The Kier molecular flexibility index (Phi) is 7.91. The number of aromatic nitrogens is 2. The highest BCUT2D eigenvalue weighted by molar-refractivity contribution is 8.26. The number of nitrogens with zero attached hydrogens (tertiary/aromatic N) is 3. The molecule has 1 amide bonds. The van der Waals surface area contributed by atoms with Crippen LogP contribution in [0.1, 0.15) is 30.0 Å². The molecule has 1 aromatic carbocycles. The number of hydrogen-bond acceptors (Lipinski definition) is 7. The lowest BCUT2D eigenvalue weighted by Gasteiger charge is -2.14. The van der Waals surface area contributed by atoms with Crippen molar-refractivity contribution in [2.24, 2.45) is 0 Å². The van der Waals surface area contributed by atoms with Crippen LogP contribution in [-0.4, -0.2) is 44.3 Å². The number of ether oxygens (including phenoxy) is 2. The first-order valence-corrected chi connectivity index (χ1v) is 12.7. The summed E-state index contributed by atoms with van der Waals surface area (Å²) in [4.78, 5) is 33.1. The normalized spacial score (nSPS) is 15.0. The molecule has 1 fully saturated rings. The highest BCUT2D eigenvalue weighted by atomic mass is 35.5. The maximum Gasteiger partial charge on any atom is 0.269 e. The quantitative estimate of drug-likeness (QED) is 0.220. The fourth-order valence-electron chi connectivity index (χ4n) is 3.58. The first-order valence-electron chi connectivity index (χ1n) is 11.1. The van der Waals surface area contributed by atoms with Crippen molar-refractivity contribution in [3.05, 3.63) is 73.5 Å². The van der Waals surface area contributed by atoms with Crippen molar-refractivity contribution in [3.8, 4) is 11.6 Å². The maximum atomic E-state index is 13.5. The molecule has 3 aromatic rings. The molecule has 0 saturated carbocycles. The van der Waals surface area contributed by atoms with Gasteiger partial charge in [-0.1, -0.05) is 41.6 Å². The molecule has 0 bridgehead atoms. The number of carbonyl (C=O) groups is 1. The number of hydrogen-bond donors (Lipinski definition) is 0. The second-order valence-corrected chi connectivity index (χ2v) is 10.0. The smallest absolute Gasteiger partial charge is 0.269 e. The molecule has 7 nitrogen and oxygen atoms in total. The number of pyridine rings is 1. The number of thiocarbonyl (C=S) groups is 1. The van der Waals surface area contributed by atoms with Gasteiger partial charge in [0.15, 0.2) is 0 Å². The lowest BCUT2D eigenvalue weighted by molar-refractivity contribution is -0.122. The summed E-state index contributed by atoms with van der Waals surface area (Å²) in [5.41, 5.74) is 1.93. The van der Waals surface area contributed by atoms with E-state index < -0.39 is 0 Å². The lowest BCUT2D eigenvalue weighted by atomic mass is 10.2. The Hall–Kier alpha value is -2.72. The van der Waals surface area contributed by atoms with Gasteiger partial charge in [0.1, 0.15) is 21.3 Å². The van der Waals surface area contributed by atoms with E-state index in [0.29, 0.717) is 51.8 Å². The molecule has 182 valence electrons. The van der Waals surface area contributed by atoms with E-state index in [4.69, 9.17) is 33.3 Å². The summed E-state index contributed by atoms with van der Waals surface area (Å²) in [7, 11) is 0. The monoisotopic (exact) mass is 529 g/mol. The van der Waals surface area contributed by atoms with Crippen molar-refractivity contribution < 1.29 is 14.3 Å². The van der Waals surface area contributed by atoms with Crippen molar-refractivity contribution in [3.63, 3.8) is 0 Å². The number of halogens is 1. The van der Waals surface area contributed by atoms with Crippen LogP contribution in [0.25, 0.3) is 11.7 Å². The van der Waals surface area contributed by atoms with Gasteiger partial charge in [-0.25, -0.2) is 0 Å². The van der Waals surface area contributed by atoms with Gasteiger partial charge < -0.3 is 9.47 Å². The Morgan fingerprint density at radius 2 is 2.00 bits per heavy atom. The molecule has 35 heavy (non-hydrogen) atoms. The van der Waals surface area contributed by atoms with Crippen LogP contribution in [0, 0.1) is 13.8 Å². The van der Waals surface area contributed by atoms with E-state index in [9.17, 15) is 9.59 Å². The maximum absolute atomic E-state index is 13.5. The van der Waals surface area contributed by atoms with Crippen molar-refractivity contribution >= 4 is 57.5 Å². The third kappa shape index (κ3) is 5.43. The molecule has 3 heterocycles. The Morgan fingerprint density at radius 3 is 2.74 bits per heavy atom. The number of fused-ring (bicyclic) bond motifs is 1. The molecule has 0 spiro atoms. The Balaban J connectivity index is 1.76. The molecule has 0 radical (unpaired) electrons. The number of aryl methyl sites for hydroxylation is 2. The van der Waals surface area contributed by atoms with Gasteiger partial charge in [0.25, 0.3) is 11.5 Å². The molecular formula is C25H24ClN3O4S2. The van der Waals surface area contributed by atoms with Gasteiger partial charge in [-0.3, -0.25) is 18.9 Å². The zero-order valence-corrected chi connectivity index (χ0v) is 21.9. The lowest BCUT2D eigenvalue weighted by Crippen LogP contribution is -2.29. The predicted molar refractivity (Wildman–Crippen MR) is 143 cm³/mol. The number of carbonyl (C=O) groups excluding carboxylic acids is 1. The summed E-state index contributed by atoms with van der Waals surface area (Å²) in [5.74, 6) is 0.334. The minimum absolute atomic E-state index is 0.104. The van der Waals surface area contributed by atoms with E-state index >= 15 is 0 Å². The zero-order chi connectivity index (χ0) is 25.1. The highest BCUT2D eigenvalue weighted by Crippen LogP contribution is 2.34. The molecule has 10 heteroatoms. The zero-order valence-electron chi connectivity index (χ0n) is 19.5. The van der Waals surface area contributed by atoms with E-state index in [0.717, 1.165) is 22.9 Å². The standard InChI is InChI=1S/C25H24ClN3O4S2/c1-4-32-12-6-11-29-24(31)20(35-25(29)34)14-18-22(33-17-8-9-19(26)16(3)13-17)27-21-15(2)7-5-10-28(21)23(18)30/h5,7-10,13-14H,4,6,11-12H2,1-3H3/b20-14+. The van der Waals surface area contributed by atoms with Crippen LogP contribution in [0.2, 0.25) is 5.02 Å². The molecule has 0 atom stereocenters. The molecule has 1 saturated heterocycles. The van der Waals surface area contributed by atoms with Gasteiger partial charge in [-0.15, -0.1) is 0 Å². The van der Waals surface area contributed by atoms with E-state index in [1.807, 2.05) is 26.8 Å². The van der Waals surface area contributed by atoms with Gasteiger partial charge in [0.05, 0.1) is 4.91 Å². The Bertz CT molecular complexity index is 1400. The highest BCUT2D eigenvalue weighted by Gasteiger charge is 2.32. The molecule has 1 aliphatic heterocycles. The first-order chi connectivity index (χ1) is 16.8. The average Bonchev–Trinajstić information content (AvgIpc) is 3.09. The Labute approximate surface area is 217 Å². The van der Waals surface area contributed by atoms with Gasteiger partial charge in [-0.2, -0.15) is 4.98 Å². The largest absolute Gasteiger partial charge is 0.438 e. The predicted octanol–water partition coefficient (Wildman–Crippen LogP) is 5.38. The minimum Gasteiger partial charge on any atom is -0.438 e. The van der Waals surface area contributed by atoms with Crippen molar-refractivity contribution in [1.82, 2.24) is 14.3 Å². The van der Waals surface area contributed by atoms with E-state index in [-0.39, 0.29) is 22.9 Å².